The van der Waals surface area contributed by atoms with Gasteiger partial charge < -0.3 is 31.2 Å². The van der Waals surface area contributed by atoms with Gasteiger partial charge in [-0.2, -0.15) is 0 Å². The molecule has 2 aromatic heterocycles. The Labute approximate surface area is 273 Å². The average Bonchev–Trinajstić information content (AvgIpc) is 3.66. The molecule has 0 aliphatic rings. The number of hydrogen-bond donors (Lipinski definition) is 8. The maximum atomic E-state index is 12.7. The first-order chi connectivity index (χ1) is 22.4. The van der Waals surface area contributed by atoms with Crippen LogP contribution in [0.3, 0.4) is 0 Å². The molecule has 10 nitrogen and oxygen atoms in total. The van der Waals surface area contributed by atoms with Crippen LogP contribution in [0.2, 0.25) is 0 Å². The second-order valence-electron chi connectivity index (χ2n) is 10.4. The van der Waals surface area contributed by atoms with Gasteiger partial charge in [-0.3, -0.25) is 0 Å². The highest BCUT2D eigenvalue weighted by molar-refractivity contribution is 7.80. The molecular weight excluding hydrogens is 617 g/mol. The predicted molar refractivity (Wildman–Crippen MR) is 189 cm³/mol. The molecule has 0 saturated heterocycles. The monoisotopic (exact) mass is 642 g/mol. The van der Waals surface area contributed by atoms with Gasteiger partial charge in [-0.05, 0) is 72.8 Å². The molecule has 12 heteroatoms. The van der Waals surface area contributed by atoms with Crippen LogP contribution in [0.5, 0.6) is 0 Å². The molecule has 0 aliphatic carbocycles. The number of urea groups is 2. The van der Waals surface area contributed by atoms with E-state index in [1.54, 1.807) is 36.4 Å². The lowest BCUT2D eigenvalue weighted by Crippen LogP contribution is -2.20. The lowest BCUT2D eigenvalue weighted by atomic mass is 10.2. The molecule has 0 unspecified atom stereocenters. The standard InChI is InChI=1S/C34H26N8O2S2/c43-33(37-21-13-15-25-27(17-21)41-31(39-25)23-5-1-3-7-29(23)45)35-19-9-11-20(12-10-19)36-34(44)38-22-14-16-26-28(18-22)42-32(40-26)24-6-2-4-8-30(24)46/h1-18,45-46H,(H,39,41)(H,40,42)(H2,35,37,43)(H2,36,38,44). The van der Waals surface area contributed by atoms with Gasteiger partial charge in [0.2, 0.25) is 0 Å². The lowest BCUT2D eigenvalue weighted by Gasteiger charge is -2.10. The van der Waals surface area contributed by atoms with Crippen molar-refractivity contribution in [3.05, 3.63) is 109 Å². The van der Waals surface area contributed by atoms with Crippen LogP contribution in [-0.2, 0) is 0 Å². The number of imidazole rings is 2. The van der Waals surface area contributed by atoms with Crippen LogP contribution in [-0.4, -0.2) is 32.0 Å². The maximum Gasteiger partial charge on any atom is 0.323 e. The summed E-state index contributed by atoms with van der Waals surface area (Å²) in [5.74, 6) is 1.40. The van der Waals surface area contributed by atoms with Gasteiger partial charge >= 0.3 is 12.1 Å². The van der Waals surface area contributed by atoms with Crippen LogP contribution in [0.25, 0.3) is 44.8 Å². The molecule has 7 aromatic rings. The van der Waals surface area contributed by atoms with Crippen molar-refractivity contribution < 1.29 is 9.59 Å². The van der Waals surface area contributed by atoms with Crippen LogP contribution >= 0.6 is 25.3 Å². The van der Waals surface area contributed by atoms with Crippen molar-refractivity contribution in [3.63, 3.8) is 0 Å². The second-order valence-corrected chi connectivity index (χ2v) is 11.4. The van der Waals surface area contributed by atoms with E-state index in [4.69, 9.17) is 0 Å². The Morgan fingerprint density at radius 1 is 0.500 bits per heavy atom. The molecule has 0 radical (unpaired) electrons. The normalized spacial score (nSPS) is 11.0. The lowest BCUT2D eigenvalue weighted by molar-refractivity contribution is 0.261. The van der Waals surface area contributed by atoms with E-state index in [-0.39, 0.29) is 0 Å². The third-order valence-corrected chi connectivity index (χ3v) is 7.98. The summed E-state index contributed by atoms with van der Waals surface area (Å²) in [5.41, 5.74) is 7.22. The number of aromatic nitrogens is 4. The summed E-state index contributed by atoms with van der Waals surface area (Å²) in [5, 5.41) is 11.3. The molecule has 0 atom stereocenters. The molecule has 5 aromatic carbocycles. The number of nitrogens with one attached hydrogen (secondary N) is 6. The van der Waals surface area contributed by atoms with Crippen LogP contribution in [0, 0.1) is 0 Å². The fourth-order valence-corrected chi connectivity index (χ4v) is 5.53. The van der Waals surface area contributed by atoms with Gasteiger partial charge in [0.25, 0.3) is 0 Å². The van der Waals surface area contributed by atoms with Gasteiger partial charge in [0.1, 0.15) is 11.6 Å². The number of benzene rings is 5. The quantitative estimate of drug-likeness (QED) is 0.0860. The number of thiol groups is 2. The highest BCUT2D eigenvalue weighted by atomic mass is 32.1. The molecule has 2 heterocycles. The third kappa shape index (κ3) is 6.25. The molecule has 7 rings (SSSR count). The minimum Gasteiger partial charge on any atom is -0.338 e. The molecule has 6 N–H and O–H groups in total. The number of aromatic amines is 2. The first-order valence-electron chi connectivity index (χ1n) is 14.2. The van der Waals surface area contributed by atoms with E-state index in [0.717, 1.165) is 43.0 Å². The first-order valence-corrected chi connectivity index (χ1v) is 15.1. The summed E-state index contributed by atoms with van der Waals surface area (Å²) in [6, 6.07) is 32.3. The van der Waals surface area contributed by atoms with Crippen molar-refractivity contribution in [2.75, 3.05) is 21.3 Å². The zero-order valence-corrected chi connectivity index (χ0v) is 25.8. The number of carbonyl (C=O) groups is 2. The average molecular weight is 643 g/mol. The van der Waals surface area contributed by atoms with Gasteiger partial charge in [-0.1, -0.05) is 36.4 Å². The van der Waals surface area contributed by atoms with Gasteiger partial charge in [0.05, 0.1) is 22.1 Å². The zero-order chi connectivity index (χ0) is 31.6. The fourth-order valence-electron chi connectivity index (χ4n) is 5.00. The van der Waals surface area contributed by atoms with E-state index in [1.165, 1.54) is 0 Å². The topological polar surface area (TPSA) is 140 Å². The van der Waals surface area contributed by atoms with Crippen molar-refractivity contribution >= 4 is 82.1 Å². The molecule has 226 valence electrons. The van der Waals surface area contributed by atoms with Crippen LogP contribution in [0.15, 0.2) is 119 Å². The predicted octanol–water partition coefficient (Wildman–Crippen LogP) is 8.64. The highest BCUT2D eigenvalue weighted by Crippen LogP contribution is 2.29. The number of anilines is 4. The van der Waals surface area contributed by atoms with Crippen molar-refractivity contribution in [3.8, 4) is 22.8 Å². The van der Waals surface area contributed by atoms with E-state index in [0.29, 0.717) is 34.4 Å². The SMILES string of the molecule is O=C(Nc1ccc(NC(=O)Nc2ccc3nc(-c4ccccc4S)[nH]c3c2)cc1)Nc1ccc2nc(-c3ccccc3S)[nH]c2c1. The zero-order valence-electron chi connectivity index (χ0n) is 24.0. The maximum absolute atomic E-state index is 12.7. The van der Waals surface area contributed by atoms with Gasteiger partial charge in [0.15, 0.2) is 0 Å². The van der Waals surface area contributed by atoms with Crippen LogP contribution in [0.4, 0.5) is 32.3 Å². The minimum atomic E-state index is -0.409. The number of nitrogens with zero attached hydrogens (tertiary/aromatic N) is 2. The molecule has 0 spiro atoms. The summed E-state index contributed by atoms with van der Waals surface area (Å²) in [7, 11) is 0. The summed E-state index contributed by atoms with van der Waals surface area (Å²) >= 11 is 9.03. The minimum absolute atomic E-state index is 0.409. The molecule has 0 saturated carbocycles. The number of fused-ring (bicyclic) bond motifs is 2. The number of carbonyl (C=O) groups excluding carboxylic acids is 2. The number of hydrogen-bond acceptors (Lipinski definition) is 6. The molecule has 4 amide bonds. The van der Waals surface area contributed by atoms with Crippen LogP contribution < -0.4 is 21.3 Å². The Kier molecular flexibility index (Phi) is 7.79. The van der Waals surface area contributed by atoms with Gasteiger partial charge in [0, 0.05) is 43.7 Å². The van der Waals surface area contributed by atoms with Crippen molar-refractivity contribution in [2.45, 2.75) is 9.79 Å². The Bertz CT molecular complexity index is 2090. The fraction of sp³-hybridized carbons (Fsp3) is 0. The Morgan fingerprint density at radius 3 is 1.28 bits per heavy atom. The van der Waals surface area contributed by atoms with Gasteiger partial charge in [-0.25, -0.2) is 19.6 Å². The molecular formula is C34H26N8O2S2. The summed E-state index contributed by atoms with van der Waals surface area (Å²) in [6.45, 7) is 0. The molecule has 0 fully saturated rings. The number of H-pyrrole nitrogens is 2. The van der Waals surface area contributed by atoms with E-state index in [1.807, 2.05) is 72.8 Å². The summed E-state index contributed by atoms with van der Waals surface area (Å²) in [6.07, 6.45) is 0. The smallest absolute Gasteiger partial charge is 0.323 e. The second kappa shape index (κ2) is 12.3. The van der Waals surface area contributed by atoms with E-state index < -0.39 is 12.1 Å². The van der Waals surface area contributed by atoms with Crippen molar-refractivity contribution in [1.82, 2.24) is 19.9 Å². The van der Waals surface area contributed by atoms with E-state index >= 15 is 0 Å². The van der Waals surface area contributed by atoms with Crippen molar-refractivity contribution in [1.29, 1.82) is 0 Å². The van der Waals surface area contributed by atoms with Crippen molar-refractivity contribution in [2.24, 2.45) is 0 Å². The van der Waals surface area contributed by atoms with Gasteiger partial charge in [-0.15, -0.1) is 25.3 Å². The largest absolute Gasteiger partial charge is 0.338 e. The van der Waals surface area contributed by atoms with Crippen LogP contribution in [0.1, 0.15) is 0 Å². The Balaban J connectivity index is 0.947. The third-order valence-electron chi connectivity index (χ3n) is 7.20. The van der Waals surface area contributed by atoms with E-state index in [2.05, 4.69) is 66.5 Å². The molecule has 0 bridgehead atoms. The molecule has 46 heavy (non-hydrogen) atoms. The summed E-state index contributed by atoms with van der Waals surface area (Å²) in [4.78, 5) is 42.9. The Hall–Kier alpha value is -5.72. The summed E-state index contributed by atoms with van der Waals surface area (Å²) < 4.78 is 0. The number of amides is 4. The highest BCUT2D eigenvalue weighted by Gasteiger charge is 2.12. The number of rotatable bonds is 6. The van der Waals surface area contributed by atoms with E-state index in [9.17, 15) is 9.59 Å². The Morgan fingerprint density at radius 2 is 0.870 bits per heavy atom. The first kappa shape index (κ1) is 29.0. The molecule has 0 aliphatic heterocycles.